The van der Waals surface area contributed by atoms with Crippen molar-refractivity contribution in [3.8, 4) is 0 Å². The maximum absolute atomic E-state index is 5.51. The molecule has 0 radical (unpaired) electrons. The molecular weight excluding hydrogens is 210 g/mol. The molecule has 1 aliphatic heterocycles. The molecule has 1 heterocycles. The molecule has 1 N–H and O–H groups in total. The van der Waals surface area contributed by atoms with E-state index in [1.54, 1.807) is 0 Å². The molecule has 2 rings (SSSR count). The molecule has 2 nitrogen and oxygen atoms in total. The molecule has 17 heavy (non-hydrogen) atoms. The lowest BCUT2D eigenvalue weighted by molar-refractivity contribution is 0.142. The van der Waals surface area contributed by atoms with E-state index in [4.69, 9.17) is 4.74 Å². The zero-order valence-electron chi connectivity index (χ0n) is 10.7. The second-order valence-electron chi connectivity index (χ2n) is 4.78. The monoisotopic (exact) mass is 233 g/mol. The van der Waals surface area contributed by atoms with Gasteiger partial charge in [0, 0.05) is 25.3 Å². The van der Waals surface area contributed by atoms with Crippen LogP contribution in [0.25, 0.3) is 0 Å². The summed E-state index contributed by atoms with van der Waals surface area (Å²) in [7, 11) is 0. The third-order valence-electron chi connectivity index (χ3n) is 3.50. The van der Waals surface area contributed by atoms with Gasteiger partial charge in [0.2, 0.25) is 0 Å². The number of ether oxygens (including phenoxy) is 1. The van der Waals surface area contributed by atoms with E-state index in [1.807, 2.05) is 0 Å². The molecule has 0 bridgehead atoms. The van der Waals surface area contributed by atoms with E-state index in [1.165, 1.54) is 18.4 Å². The van der Waals surface area contributed by atoms with Crippen LogP contribution in [0, 0.1) is 0 Å². The van der Waals surface area contributed by atoms with Gasteiger partial charge in [-0.15, -0.1) is 0 Å². The molecule has 1 fully saturated rings. The molecule has 94 valence electrons. The Morgan fingerprint density at radius 2 is 2.06 bits per heavy atom. The van der Waals surface area contributed by atoms with E-state index < -0.39 is 0 Å². The Labute approximate surface area is 104 Å². The summed E-state index contributed by atoms with van der Waals surface area (Å²) in [6.45, 7) is 4.08. The Bertz CT molecular complexity index is 304. The molecule has 2 atom stereocenters. The molecule has 0 amide bonds. The summed E-state index contributed by atoms with van der Waals surface area (Å²) in [4.78, 5) is 0. The number of hydrogen-bond donors (Lipinski definition) is 1. The summed E-state index contributed by atoms with van der Waals surface area (Å²) in [5.41, 5.74) is 1.40. The molecule has 1 aliphatic rings. The van der Waals surface area contributed by atoms with Crippen LogP contribution >= 0.6 is 0 Å². The third-order valence-corrected chi connectivity index (χ3v) is 3.50. The fourth-order valence-electron chi connectivity index (χ4n) is 2.49. The van der Waals surface area contributed by atoms with Crippen LogP contribution in [0.5, 0.6) is 0 Å². The van der Waals surface area contributed by atoms with Gasteiger partial charge in [0.05, 0.1) is 0 Å². The fraction of sp³-hybridized carbons (Fsp3) is 0.600. The molecule has 0 saturated carbocycles. The lowest BCUT2D eigenvalue weighted by Gasteiger charge is -2.24. The fourth-order valence-corrected chi connectivity index (χ4v) is 2.49. The van der Waals surface area contributed by atoms with Crippen molar-refractivity contribution in [2.75, 3.05) is 13.2 Å². The predicted octanol–water partition coefficient (Wildman–Crippen LogP) is 3.30. The second kappa shape index (κ2) is 6.77. The molecule has 2 unspecified atom stereocenters. The van der Waals surface area contributed by atoms with Gasteiger partial charge in [0.15, 0.2) is 0 Å². The van der Waals surface area contributed by atoms with Gasteiger partial charge in [-0.1, -0.05) is 37.3 Å². The summed E-state index contributed by atoms with van der Waals surface area (Å²) in [5.74, 6) is 0. The minimum absolute atomic E-state index is 0.485. The number of hydrogen-bond acceptors (Lipinski definition) is 2. The summed E-state index contributed by atoms with van der Waals surface area (Å²) in [6, 6.07) is 11.9. The number of nitrogens with one attached hydrogen (secondary N) is 1. The lowest BCUT2D eigenvalue weighted by Crippen LogP contribution is -2.32. The van der Waals surface area contributed by atoms with Crippen LogP contribution in [-0.2, 0) is 4.74 Å². The SMILES string of the molecule is CCC(NC1CCCOCC1)c1ccccc1. The number of benzene rings is 1. The van der Waals surface area contributed by atoms with E-state index in [0.29, 0.717) is 12.1 Å². The highest BCUT2D eigenvalue weighted by Gasteiger charge is 2.17. The molecular formula is C15H23NO. The van der Waals surface area contributed by atoms with Crippen molar-refractivity contribution in [2.24, 2.45) is 0 Å². The van der Waals surface area contributed by atoms with Gasteiger partial charge in [0.1, 0.15) is 0 Å². The first-order chi connectivity index (χ1) is 8.40. The van der Waals surface area contributed by atoms with E-state index in [0.717, 1.165) is 26.1 Å². The summed E-state index contributed by atoms with van der Waals surface area (Å²) in [5, 5.41) is 3.78. The van der Waals surface area contributed by atoms with Crippen LogP contribution in [0.2, 0.25) is 0 Å². The topological polar surface area (TPSA) is 21.3 Å². The minimum atomic E-state index is 0.485. The van der Waals surface area contributed by atoms with Gasteiger partial charge in [-0.05, 0) is 31.2 Å². The number of rotatable bonds is 4. The molecule has 1 aromatic rings. The largest absolute Gasteiger partial charge is 0.381 e. The molecule has 0 aromatic heterocycles. The third kappa shape index (κ3) is 3.83. The minimum Gasteiger partial charge on any atom is -0.381 e. The molecule has 1 saturated heterocycles. The maximum atomic E-state index is 5.51. The van der Waals surface area contributed by atoms with Crippen LogP contribution in [0.15, 0.2) is 30.3 Å². The van der Waals surface area contributed by atoms with Crippen LogP contribution < -0.4 is 5.32 Å². The van der Waals surface area contributed by atoms with Crippen LogP contribution in [0.4, 0.5) is 0 Å². The van der Waals surface area contributed by atoms with Gasteiger partial charge in [-0.3, -0.25) is 0 Å². The Balaban J connectivity index is 1.94. The highest BCUT2D eigenvalue weighted by molar-refractivity contribution is 5.18. The van der Waals surface area contributed by atoms with Crippen LogP contribution in [-0.4, -0.2) is 19.3 Å². The van der Waals surface area contributed by atoms with E-state index in [9.17, 15) is 0 Å². The van der Waals surface area contributed by atoms with Gasteiger partial charge in [0.25, 0.3) is 0 Å². The van der Waals surface area contributed by atoms with E-state index in [-0.39, 0.29) is 0 Å². The van der Waals surface area contributed by atoms with Crippen molar-refractivity contribution in [2.45, 2.75) is 44.7 Å². The quantitative estimate of drug-likeness (QED) is 0.861. The highest BCUT2D eigenvalue weighted by Crippen LogP contribution is 2.19. The Hall–Kier alpha value is -0.860. The van der Waals surface area contributed by atoms with Gasteiger partial charge in [-0.25, -0.2) is 0 Å². The van der Waals surface area contributed by atoms with Crippen molar-refractivity contribution in [1.29, 1.82) is 0 Å². The van der Waals surface area contributed by atoms with Crippen molar-refractivity contribution >= 4 is 0 Å². The lowest BCUT2D eigenvalue weighted by atomic mass is 10.0. The van der Waals surface area contributed by atoms with Crippen molar-refractivity contribution < 1.29 is 4.74 Å². The second-order valence-corrected chi connectivity index (χ2v) is 4.78. The van der Waals surface area contributed by atoms with Gasteiger partial charge in [-0.2, -0.15) is 0 Å². The molecule has 2 heteroatoms. The van der Waals surface area contributed by atoms with Crippen LogP contribution in [0.1, 0.15) is 44.2 Å². The average Bonchev–Trinajstić information content (AvgIpc) is 2.65. The highest BCUT2D eigenvalue weighted by atomic mass is 16.5. The van der Waals surface area contributed by atoms with Crippen molar-refractivity contribution in [1.82, 2.24) is 5.32 Å². The predicted molar refractivity (Wildman–Crippen MR) is 71.1 cm³/mol. The first kappa shape index (κ1) is 12.6. The van der Waals surface area contributed by atoms with E-state index in [2.05, 4.69) is 42.6 Å². The van der Waals surface area contributed by atoms with E-state index >= 15 is 0 Å². The van der Waals surface area contributed by atoms with Gasteiger partial charge >= 0.3 is 0 Å². The summed E-state index contributed by atoms with van der Waals surface area (Å²) < 4.78 is 5.51. The molecule has 0 spiro atoms. The van der Waals surface area contributed by atoms with Gasteiger partial charge < -0.3 is 10.1 Å². The van der Waals surface area contributed by atoms with Crippen molar-refractivity contribution in [3.63, 3.8) is 0 Å². The first-order valence-electron chi connectivity index (χ1n) is 6.79. The first-order valence-corrected chi connectivity index (χ1v) is 6.79. The summed E-state index contributed by atoms with van der Waals surface area (Å²) >= 11 is 0. The standard InChI is InChI=1S/C15H23NO/c1-2-15(13-7-4-3-5-8-13)16-14-9-6-11-17-12-10-14/h3-5,7-8,14-16H,2,6,9-12H2,1H3. The maximum Gasteiger partial charge on any atom is 0.0480 e. The normalized spacial score (nSPS) is 23.0. The Morgan fingerprint density at radius 3 is 2.82 bits per heavy atom. The summed E-state index contributed by atoms with van der Waals surface area (Å²) in [6.07, 6.45) is 4.71. The zero-order chi connectivity index (χ0) is 11.9. The average molecular weight is 233 g/mol. The van der Waals surface area contributed by atoms with Crippen LogP contribution in [0.3, 0.4) is 0 Å². The smallest absolute Gasteiger partial charge is 0.0480 e. The Morgan fingerprint density at radius 1 is 1.24 bits per heavy atom. The molecule has 0 aliphatic carbocycles. The zero-order valence-corrected chi connectivity index (χ0v) is 10.7. The Kier molecular flexibility index (Phi) is 5.02. The molecule has 1 aromatic carbocycles. The van der Waals surface area contributed by atoms with Crippen molar-refractivity contribution in [3.05, 3.63) is 35.9 Å².